The average molecular weight is 936 g/mol. The van der Waals surface area contributed by atoms with Gasteiger partial charge in [0.25, 0.3) is 0 Å². The summed E-state index contributed by atoms with van der Waals surface area (Å²) >= 11 is 3.63. The first kappa shape index (κ1) is 49.2. The lowest BCUT2D eigenvalue weighted by molar-refractivity contribution is -0.137. The van der Waals surface area contributed by atoms with Gasteiger partial charge in [0.2, 0.25) is 0 Å². The summed E-state index contributed by atoms with van der Waals surface area (Å²) in [6.07, 6.45) is -8.78. The van der Waals surface area contributed by atoms with Crippen LogP contribution < -0.4 is 5.46 Å². The zero-order valence-corrected chi connectivity index (χ0v) is 35.2. The molecule has 63 heavy (non-hydrogen) atoms. The highest BCUT2D eigenvalue weighted by molar-refractivity contribution is 9.10. The number of hydrogen-bond donors (Lipinski definition) is 2. The molecule has 2 heterocycles. The van der Waals surface area contributed by atoms with E-state index in [4.69, 9.17) is 19.5 Å². The molecule has 6 aromatic carbocycles. The van der Waals surface area contributed by atoms with Crippen LogP contribution in [0.5, 0.6) is 0 Å². The van der Waals surface area contributed by atoms with E-state index in [1.165, 1.54) is 33.8 Å². The standard InChI is InChI=1S/C24H22F3NO.C17H18BrNO.C7H6BF3O2.CH4/c25-24(26,27)22-13-7-6-12-21(22)20-11-5-4-10-19(20)16-28-14-15-29-23(17-28)18-8-2-1-3-9-18;18-16-9-5-4-8-15(16)12-19-10-11-20-17(13-19)14-6-2-1-3-7-14;9-7(10,11)5-3-1-2-4-6(5)8(12)13;/h1-13,23H,14-17H2;1-9,17H,10-13H2;1-4,12-13H;1H4. The quantitative estimate of drug-likeness (QED) is 0.117. The van der Waals surface area contributed by atoms with Crippen LogP contribution in [0.2, 0.25) is 0 Å². The van der Waals surface area contributed by atoms with Gasteiger partial charge in [0.1, 0.15) is 0 Å². The first-order valence-corrected chi connectivity index (χ1v) is 20.8. The van der Waals surface area contributed by atoms with E-state index in [1.807, 2.05) is 48.5 Å². The first-order valence-electron chi connectivity index (χ1n) is 20.1. The maximum Gasteiger partial charge on any atom is 0.489 e. The maximum atomic E-state index is 13.5. The third-order valence-electron chi connectivity index (χ3n) is 10.5. The highest BCUT2D eigenvalue weighted by atomic mass is 79.9. The highest BCUT2D eigenvalue weighted by Gasteiger charge is 2.36. The number of morpholine rings is 2. The molecule has 2 aliphatic rings. The minimum atomic E-state index is -4.56. The summed E-state index contributed by atoms with van der Waals surface area (Å²) in [5.74, 6) is 0. The normalized spacial score (nSPS) is 17.0. The second-order valence-electron chi connectivity index (χ2n) is 14.8. The minimum Gasteiger partial charge on any atom is -0.423 e. The molecule has 0 bridgehead atoms. The summed E-state index contributed by atoms with van der Waals surface area (Å²) in [6.45, 7) is 6.34. The number of hydrogen-bond acceptors (Lipinski definition) is 6. The van der Waals surface area contributed by atoms with Gasteiger partial charge in [-0.3, -0.25) is 9.80 Å². The molecule has 0 amide bonds. The molecule has 0 spiro atoms. The molecule has 2 unspecified atom stereocenters. The number of nitrogens with zero attached hydrogens (tertiary/aromatic N) is 2. The monoisotopic (exact) mass is 934 g/mol. The molecule has 0 radical (unpaired) electrons. The largest absolute Gasteiger partial charge is 0.489 e. The summed E-state index contributed by atoms with van der Waals surface area (Å²) in [5, 5.41) is 17.2. The van der Waals surface area contributed by atoms with E-state index in [0.717, 1.165) is 62.1 Å². The minimum absolute atomic E-state index is 0. The molecule has 2 N–H and O–H groups in total. The zero-order valence-electron chi connectivity index (χ0n) is 33.7. The van der Waals surface area contributed by atoms with Gasteiger partial charge in [0.05, 0.1) is 36.5 Å². The van der Waals surface area contributed by atoms with Gasteiger partial charge in [-0.15, -0.1) is 0 Å². The van der Waals surface area contributed by atoms with E-state index in [2.05, 4.69) is 74.3 Å². The predicted molar refractivity (Wildman–Crippen MR) is 240 cm³/mol. The van der Waals surface area contributed by atoms with Crippen molar-refractivity contribution in [2.24, 2.45) is 0 Å². The van der Waals surface area contributed by atoms with Crippen LogP contribution in [0.3, 0.4) is 0 Å². The van der Waals surface area contributed by atoms with Gasteiger partial charge < -0.3 is 19.5 Å². The number of benzene rings is 6. The van der Waals surface area contributed by atoms with Crippen LogP contribution in [-0.2, 0) is 34.9 Å². The Hall–Kier alpha value is -4.80. The topological polar surface area (TPSA) is 65.4 Å². The lowest BCUT2D eigenvalue weighted by Gasteiger charge is -2.33. The summed E-state index contributed by atoms with van der Waals surface area (Å²) < 4.78 is 90.2. The van der Waals surface area contributed by atoms with Gasteiger partial charge in [0, 0.05) is 43.7 Å². The lowest BCUT2D eigenvalue weighted by Crippen LogP contribution is -2.37. The molecule has 8 rings (SSSR count). The van der Waals surface area contributed by atoms with Crippen LogP contribution in [0.4, 0.5) is 26.3 Å². The Morgan fingerprint density at radius 2 is 0.937 bits per heavy atom. The van der Waals surface area contributed by atoms with Crippen molar-refractivity contribution in [1.29, 1.82) is 0 Å². The number of alkyl halides is 6. The fraction of sp³-hybridized carbons (Fsp3) is 0.265. The molecule has 14 heteroatoms. The molecule has 6 nitrogen and oxygen atoms in total. The Morgan fingerprint density at radius 3 is 1.43 bits per heavy atom. The lowest BCUT2D eigenvalue weighted by atomic mass is 9.77. The molecule has 0 aliphatic carbocycles. The van der Waals surface area contributed by atoms with Crippen molar-refractivity contribution in [1.82, 2.24) is 9.80 Å². The van der Waals surface area contributed by atoms with Gasteiger partial charge in [-0.2, -0.15) is 26.3 Å². The smallest absolute Gasteiger partial charge is 0.423 e. The van der Waals surface area contributed by atoms with Gasteiger partial charge in [-0.25, -0.2) is 0 Å². The van der Waals surface area contributed by atoms with Gasteiger partial charge in [0.15, 0.2) is 0 Å². The van der Waals surface area contributed by atoms with Crippen molar-refractivity contribution in [2.75, 3.05) is 39.4 Å². The Morgan fingerprint density at radius 1 is 0.524 bits per heavy atom. The molecule has 332 valence electrons. The van der Waals surface area contributed by atoms with Crippen LogP contribution in [0.15, 0.2) is 162 Å². The molecule has 2 aliphatic heterocycles. The Labute approximate surface area is 374 Å². The Balaban J connectivity index is 0.000000191. The second kappa shape index (κ2) is 23.2. The van der Waals surface area contributed by atoms with E-state index < -0.39 is 36.1 Å². The molecule has 2 saturated heterocycles. The van der Waals surface area contributed by atoms with Crippen molar-refractivity contribution in [3.63, 3.8) is 0 Å². The number of halogens is 7. The zero-order chi connectivity index (χ0) is 44.1. The molecule has 2 fully saturated rings. The van der Waals surface area contributed by atoms with Crippen LogP contribution in [0.1, 0.15) is 53.0 Å². The average Bonchev–Trinajstić information content (AvgIpc) is 3.28. The van der Waals surface area contributed by atoms with Gasteiger partial charge >= 0.3 is 19.5 Å². The summed E-state index contributed by atoms with van der Waals surface area (Å²) in [7, 11) is -2.10. The fourth-order valence-corrected chi connectivity index (χ4v) is 7.82. The number of rotatable bonds is 8. The van der Waals surface area contributed by atoms with Crippen molar-refractivity contribution in [2.45, 2.75) is 45.1 Å². The molecule has 0 saturated carbocycles. The van der Waals surface area contributed by atoms with Crippen molar-refractivity contribution in [3.8, 4) is 11.1 Å². The highest BCUT2D eigenvalue weighted by Crippen LogP contribution is 2.39. The summed E-state index contributed by atoms with van der Waals surface area (Å²) in [6, 6.07) is 46.4. The van der Waals surface area contributed by atoms with Crippen LogP contribution in [0, 0.1) is 0 Å². The molecular weight excluding hydrogens is 885 g/mol. The van der Waals surface area contributed by atoms with E-state index >= 15 is 0 Å². The molecule has 2 atom stereocenters. The van der Waals surface area contributed by atoms with Crippen molar-refractivity contribution in [3.05, 3.63) is 196 Å². The van der Waals surface area contributed by atoms with Gasteiger partial charge in [-0.1, -0.05) is 169 Å². The van der Waals surface area contributed by atoms with E-state index in [0.29, 0.717) is 25.3 Å². The number of ether oxygens (including phenoxy) is 2. The summed E-state index contributed by atoms with van der Waals surface area (Å²) in [4.78, 5) is 4.71. The third-order valence-corrected chi connectivity index (χ3v) is 11.2. The van der Waals surface area contributed by atoms with E-state index in [9.17, 15) is 26.3 Å². The second-order valence-corrected chi connectivity index (χ2v) is 15.6. The van der Waals surface area contributed by atoms with Gasteiger partial charge in [-0.05, 0) is 51.0 Å². The SMILES string of the molecule is Brc1ccccc1CN1CCOC(c2ccccc2)C1.C.FC(F)(F)c1ccccc1-c1ccccc1CN1CCOC(c2ccccc2)C1.OB(O)c1ccccc1C(F)(F)F. The molecular formula is C49H50BBrF6N2O4. The van der Waals surface area contributed by atoms with Crippen molar-refractivity contribution < 1.29 is 45.9 Å². The van der Waals surface area contributed by atoms with E-state index in [-0.39, 0.29) is 25.2 Å². The first-order chi connectivity index (χ1) is 29.8. The van der Waals surface area contributed by atoms with Crippen LogP contribution >= 0.6 is 15.9 Å². The van der Waals surface area contributed by atoms with Crippen LogP contribution in [0.25, 0.3) is 11.1 Å². The third kappa shape index (κ3) is 14.1. The van der Waals surface area contributed by atoms with Crippen LogP contribution in [-0.4, -0.2) is 66.4 Å². The molecule has 6 aromatic rings. The maximum absolute atomic E-state index is 13.5. The predicted octanol–water partition coefficient (Wildman–Crippen LogP) is 11.0. The summed E-state index contributed by atoms with van der Waals surface area (Å²) in [5.41, 5.74) is 3.31. The van der Waals surface area contributed by atoms with E-state index in [1.54, 1.807) is 24.3 Å². The Kier molecular flexibility index (Phi) is 18.1. The fourth-order valence-electron chi connectivity index (χ4n) is 7.41. The van der Waals surface area contributed by atoms with Crippen molar-refractivity contribution >= 4 is 28.5 Å². The Bertz CT molecular complexity index is 2300. The molecule has 0 aromatic heterocycles.